The number of carbonyl (C=O) groups excluding carboxylic acids is 3. The molecule has 3 aromatic rings. The third-order valence-electron chi connectivity index (χ3n) is 7.60. The van der Waals surface area contributed by atoms with Gasteiger partial charge in [0.1, 0.15) is 6.61 Å². The number of esters is 1. The van der Waals surface area contributed by atoms with Gasteiger partial charge >= 0.3 is 5.97 Å². The van der Waals surface area contributed by atoms with Gasteiger partial charge in [0.25, 0.3) is 0 Å². The van der Waals surface area contributed by atoms with Crippen molar-refractivity contribution in [2.24, 2.45) is 11.8 Å². The Morgan fingerprint density at radius 1 is 0.841 bits per heavy atom. The fraction of sp³-hybridized carbons (Fsp3) is 0.361. The summed E-state index contributed by atoms with van der Waals surface area (Å²) < 4.78 is 11.7. The molecule has 4 rings (SSSR count). The number of aliphatic hydroxyl groups excluding tert-OH is 1. The van der Waals surface area contributed by atoms with Crippen LogP contribution in [0.15, 0.2) is 103 Å². The molecule has 0 saturated heterocycles. The van der Waals surface area contributed by atoms with Crippen molar-refractivity contribution in [1.82, 2.24) is 10.2 Å². The van der Waals surface area contributed by atoms with Crippen LogP contribution in [0.2, 0.25) is 0 Å². The highest BCUT2D eigenvalue weighted by Gasteiger charge is 2.28. The molecule has 0 fully saturated rings. The van der Waals surface area contributed by atoms with Gasteiger partial charge in [-0.3, -0.25) is 14.4 Å². The smallest absolute Gasteiger partial charge is 0.309 e. The van der Waals surface area contributed by atoms with Crippen LogP contribution in [0, 0.1) is 11.8 Å². The van der Waals surface area contributed by atoms with Crippen LogP contribution in [0.1, 0.15) is 36.0 Å². The Labute approximate surface area is 259 Å². The molecule has 44 heavy (non-hydrogen) atoms. The molecule has 0 saturated carbocycles. The van der Waals surface area contributed by atoms with Gasteiger partial charge < -0.3 is 24.8 Å². The predicted molar refractivity (Wildman–Crippen MR) is 168 cm³/mol. The highest BCUT2D eigenvalue weighted by Crippen LogP contribution is 2.19. The van der Waals surface area contributed by atoms with Crippen LogP contribution < -0.4 is 5.32 Å². The predicted octanol–water partition coefficient (Wildman–Crippen LogP) is 4.47. The fourth-order valence-electron chi connectivity index (χ4n) is 5.17. The number of nitrogens with one attached hydrogen (secondary N) is 1. The molecule has 3 atom stereocenters. The van der Waals surface area contributed by atoms with E-state index in [0.717, 1.165) is 16.7 Å². The maximum atomic E-state index is 13.6. The summed E-state index contributed by atoms with van der Waals surface area (Å²) in [6.07, 6.45) is 5.07. The lowest BCUT2D eigenvalue weighted by Gasteiger charge is -2.26. The van der Waals surface area contributed by atoms with Crippen molar-refractivity contribution in [1.29, 1.82) is 0 Å². The lowest BCUT2D eigenvalue weighted by molar-refractivity contribution is -0.150. The topological polar surface area (TPSA) is 105 Å². The summed E-state index contributed by atoms with van der Waals surface area (Å²) in [5.74, 6) is -1.88. The van der Waals surface area contributed by atoms with Gasteiger partial charge in [-0.25, -0.2) is 0 Å². The number of amides is 2. The number of hydrogen-bond acceptors (Lipinski definition) is 6. The summed E-state index contributed by atoms with van der Waals surface area (Å²) in [7, 11) is 0. The number of carbonyl (C=O) groups is 3. The van der Waals surface area contributed by atoms with Gasteiger partial charge in [0.05, 0.1) is 37.7 Å². The van der Waals surface area contributed by atoms with Crippen molar-refractivity contribution >= 4 is 17.8 Å². The van der Waals surface area contributed by atoms with E-state index in [4.69, 9.17) is 9.47 Å². The zero-order valence-electron chi connectivity index (χ0n) is 25.1. The van der Waals surface area contributed by atoms with E-state index < -0.39 is 12.0 Å². The van der Waals surface area contributed by atoms with Crippen LogP contribution >= 0.6 is 0 Å². The average Bonchev–Trinajstić information content (AvgIpc) is 3.04. The van der Waals surface area contributed by atoms with Gasteiger partial charge in [0.15, 0.2) is 0 Å². The fourth-order valence-corrected chi connectivity index (χ4v) is 5.17. The van der Waals surface area contributed by atoms with Crippen LogP contribution in [-0.2, 0) is 43.4 Å². The van der Waals surface area contributed by atoms with Crippen molar-refractivity contribution < 1.29 is 29.0 Å². The van der Waals surface area contributed by atoms with E-state index in [0.29, 0.717) is 32.4 Å². The van der Waals surface area contributed by atoms with E-state index in [9.17, 15) is 19.5 Å². The van der Waals surface area contributed by atoms with Crippen LogP contribution in [0.4, 0.5) is 0 Å². The Bertz CT molecular complexity index is 1330. The summed E-state index contributed by atoms with van der Waals surface area (Å²) in [5.41, 5.74) is 2.97. The van der Waals surface area contributed by atoms with Crippen molar-refractivity contribution in [2.75, 3.05) is 26.4 Å². The molecule has 0 spiro atoms. The van der Waals surface area contributed by atoms with E-state index in [1.807, 2.05) is 103 Å². The average molecular weight is 599 g/mol. The van der Waals surface area contributed by atoms with Crippen molar-refractivity contribution in [2.45, 2.75) is 44.9 Å². The van der Waals surface area contributed by atoms with Gasteiger partial charge in [-0.1, -0.05) is 103 Å². The second-order valence-corrected chi connectivity index (χ2v) is 11.1. The Balaban J connectivity index is 1.49. The minimum Gasteiger partial charge on any atom is -0.463 e. The number of cyclic esters (lactones) is 1. The minimum absolute atomic E-state index is 0.0200. The third kappa shape index (κ3) is 10.8. The maximum absolute atomic E-state index is 13.6. The molecule has 0 aliphatic carbocycles. The summed E-state index contributed by atoms with van der Waals surface area (Å²) in [6.45, 7) is 0.781. The van der Waals surface area contributed by atoms with Crippen LogP contribution in [0.3, 0.4) is 0 Å². The third-order valence-corrected chi connectivity index (χ3v) is 7.60. The maximum Gasteiger partial charge on any atom is 0.309 e. The van der Waals surface area contributed by atoms with Crippen LogP contribution in [0.25, 0.3) is 0 Å². The minimum atomic E-state index is -0.643. The Hall–Kier alpha value is -4.27. The number of aliphatic hydroxyl groups is 1. The second-order valence-electron chi connectivity index (χ2n) is 11.1. The normalized spacial score (nSPS) is 19.2. The number of allylic oxidation sites excluding steroid dienone is 2. The molecule has 1 aliphatic rings. The largest absolute Gasteiger partial charge is 0.463 e. The van der Waals surface area contributed by atoms with Crippen molar-refractivity contribution in [3.63, 3.8) is 0 Å². The summed E-state index contributed by atoms with van der Waals surface area (Å²) in [4.78, 5) is 41.8. The second kappa shape index (κ2) is 17.8. The van der Waals surface area contributed by atoms with Crippen LogP contribution in [-0.4, -0.2) is 60.2 Å². The first-order valence-corrected chi connectivity index (χ1v) is 15.2. The Morgan fingerprint density at radius 2 is 1.43 bits per heavy atom. The van der Waals surface area contributed by atoms with E-state index in [1.165, 1.54) is 0 Å². The lowest BCUT2D eigenvalue weighted by atomic mass is 9.94. The molecule has 0 bridgehead atoms. The Kier molecular flexibility index (Phi) is 13.2. The molecule has 1 heterocycles. The van der Waals surface area contributed by atoms with Crippen LogP contribution in [0.5, 0.6) is 0 Å². The number of benzene rings is 3. The molecule has 2 amide bonds. The van der Waals surface area contributed by atoms with E-state index in [-0.39, 0.29) is 56.5 Å². The number of ether oxygens (including phenoxy) is 2. The number of nitrogens with zero attached hydrogens (tertiary/aromatic N) is 1. The standard InChI is InChI=1S/C36H42N2O6/c39-21-20-38(24-29-14-6-2-7-15-29)34(40)23-31-18-10-11-19-32(22-28-12-4-1-5-13-28)36(42)44-27-33(37-35(31)41)26-43-25-30-16-8-3-9-17-30/h1-17,31-33,39H,18-27H2,(H,37,41)/t31-,32-,33+/m1/s1. The van der Waals surface area contributed by atoms with E-state index in [1.54, 1.807) is 4.90 Å². The first-order valence-electron chi connectivity index (χ1n) is 15.2. The molecule has 0 radical (unpaired) electrons. The quantitative estimate of drug-likeness (QED) is 0.236. The molecular weight excluding hydrogens is 556 g/mol. The molecule has 1 aliphatic heterocycles. The van der Waals surface area contributed by atoms with Gasteiger partial charge in [0.2, 0.25) is 11.8 Å². The van der Waals surface area contributed by atoms with Crippen molar-refractivity contribution in [3.05, 3.63) is 120 Å². The van der Waals surface area contributed by atoms with Crippen molar-refractivity contribution in [3.8, 4) is 0 Å². The van der Waals surface area contributed by atoms with Gasteiger partial charge in [-0.05, 0) is 36.0 Å². The van der Waals surface area contributed by atoms with Gasteiger partial charge in [-0.15, -0.1) is 0 Å². The monoisotopic (exact) mass is 598 g/mol. The number of rotatable bonds is 12. The molecule has 0 aromatic heterocycles. The van der Waals surface area contributed by atoms with Gasteiger partial charge in [-0.2, -0.15) is 0 Å². The highest BCUT2D eigenvalue weighted by atomic mass is 16.5. The van der Waals surface area contributed by atoms with E-state index in [2.05, 4.69) is 5.32 Å². The summed E-state index contributed by atoms with van der Waals surface area (Å²) >= 11 is 0. The lowest BCUT2D eigenvalue weighted by Crippen LogP contribution is -2.46. The zero-order chi connectivity index (χ0) is 31.0. The molecular formula is C36H42N2O6. The first kappa shape index (κ1) is 32.6. The molecule has 3 aromatic carbocycles. The highest BCUT2D eigenvalue weighted by molar-refractivity contribution is 5.86. The summed E-state index contributed by atoms with van der Waals surface area (Å²) in [5, 5.41) is 12.6. The molecule has 8 nitrogen and oxygen atoms in total. The molecule has 0 unspecified atom stereocenters. The molecule has 8 heteroatoms. The van der Waals surface area contributed by atoms with E-state index >= 15 is 0 Å². The molecule has 232 valence electrons. The SMILES string of the molecule is O=C1N[C@@H](COCc2ccccc2)COC(=O)[C@@H](Cc2ccccc2)CC=CC[C@@H]1CC(=O)N(CCO)Cc1ccccc1. The first-order chi connectivity index (χ1) is 21.5. The molecule has 2 N–H and O–H groups in total. The number of hydrogen-bond donors (Lipinski definition) is 2. The summed E-state index contributed by atoms with van der Waals surface area (Å²) in [6, 6.07) is 28.5. The van der Waals surface area contributed by atoms with Gasteiger partial charge in [0, 0.05) is 19.5 Å². The zero-order valence-corrected chi connectivity index (χ0v) is 25.1. The Morgan fingerprint density at radius 3 is 2.07 bits per heavy atom.